The Hall–Kier alpha value is -2.49. The van der Waals surface area contributed by atoms with Gasteiger partial charge >= 0.3 is 0 Å². The highest BCUT2D eigenvalue weighted by Gasteiger charge is 2.36. The van der Waals surface area contributed by atoms with Crippen molar-refractivity contribution in [3.05, 3.63) is 59.7 Å². The van der Waals surface area contributed by atoms with Crippen LogP contribution in [0.1, 0.15) is 58.9 Å². The van der Waals surface area contributed by atoms with Crippen molar-refractivity contribution in [2.45, 2.75) is 84.1 Å². The van der Waals surface area contributed by atoms with Crippen molar-refractivity contribution in [2.75, 3.05) is 33.3 Å². The van der Waals surface area contributed by atoms with Gasteiger partial charge in [0.25, 0.3) is 0 Å². The Morgan fingerprint density at radius 2 is 2.02 bits per heavy atom. The van der Waals surface area contributed by atoms with E-state index in [4.69, 9.17) is 14.5 Å². The van der Waals surface area contributed by atoms with Gasteiger partial charge in [0.1, 0.15) is 30.9 Å². The summed E-state index contributed by atoms with van der Waals surface area (Å²) in [6.07, 6.45) is 14.8. The molecular formula is C32H51N4O4+. The zero-order chi connectivity index (χ0) is 28.9. The van der Waals surface area contributed by atoms with E-state index >= 15 is 0 Å². The van der Waals surface area contributed by atoms with Crippen LogP contribution in [0.25, 0.3) is 0 Å². The van der Waals surface area contributed by atoms with E-state index in [-0.39, 0.29) is 23.8 Å². The molecule has 8 nitrogen and oxygen atoms in total. The van der Waals surface area contributed by atoms with E-state index in [0.29, 0.717) is 25.0 Å². The maximum atomic E-state index is 10.5. The standard InChI is InChI=1S/C32H50N4O4/c1-6-8-9-26-13-14-27(40-26)12-10-24-11-15-31(38)32(16-24)39-21-30(34-7-2)28-17-25(19-36-28)23(4)29(20-33-5)35-18-22(3)37/h11,13-17,19,22-23,26,29-30,33-35,37,40H,6-10,12,18,20-21H2,1-5H3/p+1. The number of aliphatic hydroxyl groups is 3. The lowest BCUT2D eigenvalue weighted by molar-refractivity contribution is -0.0480. The number of aliphatic imine (C=N–C) groups is 1. The van der Waals surface area contributed by atoms with E-state index in [0.717, 1.165) is 55.6 Å². The number of nitrogens with zero attached hydrogens (tertiary/aromatic N) is 1. The lowest BCUT2D eigenvalue weighted by Gasteiger charge is -2.24. The molecule has 0 aliphatic carbocycles. The molecule has 6 N–H and O–H groups in total. The van der Waals surface area contributed by atoms with Gasteiger partial charge in [-0.3, -0.25) is 5.32 Å². The van der Waals surface area contributed by atoms with Gasteiger partial charge in [-0.15, -0.1) is 17.1 Å². The number of aryl methyl sites for hydroxylation is 1. The average Bonchev–Trinajstić information content (AvgIpc) is 3.62. The lowest BCUT2D eigenvalue weighted by Crippen LogP contribution is -2.46. The van der Waals surface area contributed by atoms with E-state index in [1.807, 2.05) is 25.4 Å². The lowest BCUT2D eigenvalue weighted by atomic mass is 9.88. The summed E-state index contributed by atoms with van der Waals surface area (Å²) in [6.45, 7) is 10.7. The van der Waals surface area contributed by atoms with E-state index in [2.05, 4.69) is 54.9 Å². The van der Waals surface area contributed by atoms with Gasteiger partial charge in [0.05, 0.1) is 18.1 Å². The molecule has 1 aromatic rings. The molecule has 0 aromatic heterocycles. The second kappa shape index (κ2) is 16.7. The number of aromatic hydroxyl groups is 1. The van der Waals surface area contributed by atoms with Crippen LogP contribution in [-0.2, 0) is 6.42 Å². The average molecular weight is 556 g/mol. The number of likely N-dealkylation sites (N-methyl/N-ethyl adjacent to an activating group) is 2. The van der Waals surface area contributed by atoms with Crippen molar-refractivity contribution >= 4 is 6.21 Å². The van der Waals surface area contributed by atoms with Crippen LogP contribution < -0.4 is 20.7 Å². The smallest absolute Gasteiger partial charge is 0.196 e. The summed E-state index contributed by atoms with van der Waals surface area (Å²) in [5, 5.41) is 30.4. The minimum Gasteiger partial charge on any atom is -0.504 e. The zero-order valence-electron chi connectivity index (χ0n) is 25.0. The van der Waals surface area contributed by atoms with E-state index < -0.39 is 6.10 Å². The molecule has 0 amide bonds. The summed E-state index contributed by atoms with van der Waals surface area (Å²) in [7, 11) is 1.94. The number of ether oxygens (including phenoxy) is 2. The Balaban J connectivity index is 1.57. The number of aliphatic hydroxyl groups excluding tert-OH is 1. The SMILES string of the molecule is CCCCC1C=C[C-](CCc2ccc(O)c(OCC(NCC)C3=C[C+](C(C)C(CNC)NCC(C)O)C=N3)c2)[OH+]1. The summed E-state index contributed by atoms with van der Waals surface area (Å²) in [5.41, 5.74) is 2.03. The molecule has 5 atom stereocenters. The second-order valence-corrected chi connectivity index (χ2v) is 10.9. The highest BCUT2D eigenvalue weighted by Crippen LogP contribution is 2.31. The van der Waals surface area contributed by atoms with Crippen LogP contribution in [0.3, 0.4) is 0 Å². The summed E-state index contributed by atoms with van der Waals surface area (Å²) in [5.74, 6) is 1.97. The normalized spacial score (nSPS) is 19.6. The third-order valence-electron chi connectivity index (χ3n) is 7.51. The molecule has 1 aromatic carbocycles. The second-order valence-electron chi connectivity index (χ2n) is 10.9. The first-order valence-corrected chi connectivity index (χ1v) is 15.0. The number of rotatable bonds is 19. The third-order valence-corrected chi connectivity index (χ3v) is 7.51. The molecule has 0 saturated heterocycles. The van der Waals surface area contributed by atoms with Crippen molar-refractivity contribution < 1.29 is 19.7 Å². The minimum atomic E-state index is -0.402. The predicted octanol–water partition coefficient (Wildman–Crippen LogP) is 3.61. The molecule has 222 valence electrons. The van der Waals surface area contributed by atoms with Crippen LogP contribution in [0.15, 0.2) is 47.1 Å². The van der Waals surface area contributed by atoms with Gasteiger partial charge in [0.2, 0.25) is 0 Å². The molecule has 2 aliphatic rings. The zero-order valence-corrected chi connectivity index (χ0v) is 25.0. The first kappa shape index (κ1) is 32.0. The number of hydrogen-bond donors (Lipinski definition) is 5. The molecular weight excluding hydrogens is 504 g/mol. The molecule has 8 heteroatoms. The Labute approximate surface area is 241 Å². The number of nitrogens with one attached hydrogen (secondary N) is 3. The van der Waals surface area contributed by atoms with Gasteiger partial charge < -0.3 is 30.3 Å². The molecule has 0 saturated carbocycles. The molecule has 3 rings (SSSR count). The van der Waals surface area contributed by atoms with Crippen LogP contribution in [0, 0.1) is 17.9 Å². The van der Waals surface area contributed by atoms with E-state index in [1.54, 1.807) is 13.0 Å². The molecule has 0 bridgehead atoms. The van der Waals surface area contributed by atoms with Crippen molar-refractivity contribution in [1.29, 1.82) is 0 Å². The first-order chi connectivity index (χ1) is 19.3. The Morgan fingerprint density at radius 3 is 2.75 bits per heavy atom. The van der Waals surface area contributed by atoms with Crippen molar-refractivity contribution in [2.24, 2.45) is 10.9 Å². The van der Waals surface area contributed by atoms with Gasteiger partial charge in [0.15, 0.2) is 23.2 Å². The maximum Gasteiger partial charge on any atom is 0.196 e. The van der Waals surface area contributed by atoms with Gasteiger partial charge in [-0.25, -0.2) is 0 Å². The monoisotopic (exact) mass is 555 g/mol. The molecule has 40 heavy (non-hydrogen) atoms. The molecule has 0 fully saturated rings. The number of unbranched alkanes of at least 4 members (excludes halogenated alkanes) is 1. The fourth-order valence-corrected chi connectivity index (χ4v) is 5.05. The number of benzene rings is 1. The minimum absolute atomic E-state index is 0.111. The molecule has 2 heterocycles. The van der Waals surface area contributed by atoms with Gasteiger partial charge in [-0.2, -0.15) is 0 Å². The van der Waals surface area contributed by atoms with Crippen LogP contribution in [0.2, 0.25) is 0 Å². The van der Waals surface area contributed by atoms with Crippen molar-refractivity contribution in [3.63, 3.8) is 0 Å². The summed E-state index contributed by atoms with van der Waals surface area (Å²) >= 11 is 0. The number of phenolic OH excluding ortho intramolecular Hbond substituents is 1. The molecule has 0 radical (unpaired) electrons. The van der Waals surface area contributed by atoms with Crippen LogP contribution in [0.4, 0.5) is 0 Å². The molecule has 2 aliphatic heterocycles. The Kier molecular flexibility index (Phi) is 13.4. The molecule has 0 spiro atoms. The van der Waals surface area contributed by atoms with Crippen LogP contribution in [0.5, 0.6) is 11.5 Å². The van der Waals surface area contributed by atoms with Gasteiger partial charge in [-0.05, 0) is 64.4 Å². The summed E-state index contributed by atoms with van der Waals surface area (Å²) in [6, 6.07) is 5.66. The Morgan fingerprint density at radius 1 is 1.20 bits per heavy atom. The van der Waals surface area contributed by atoms with Crippen LogP contribution in [-0.4, -0.2) is 78.7 Å². The first-order valence-electron chi connectivity index (χ1n) is 15.0. The topological polar surface area (TPSA) is 111 Å². The van der Waals surface area contributed by atoms with E-state index in [9.17, 15) is 10.2 Å². The Bertz CT molecular complexity index is 980. The molecule has 5 unspecified atom stereocenters. The maximum absolute atomic E-state index is 10.5. The van der Waals surface area contributed by atoms with Gasteiger partial charge in [0, 0.05) is 25.6 Å². The van der Waals surface area contributed by atoms with E-state index in [1.165, 1.54) is 12.8 Å². The summed E-state index contributed by atoms with van der Waals surface area (Å²) in [4.78, 5) is 4.72. The fourth-order valence-electron chi connectivity index (χ4n) is 5.05. The van der Waals surface area contributed by atoms with Crippen molar-refractivity contribution in [3.8, 4) is 11.5 Å². The highest BCUT2D eigenvalue weighted by atomic mass is 16.5. The van der Waals surface area contributed by atoms with Gasteiger partial charge in [-0.1, -0.05) is 26.3 Å². The number of allylic oxidation sites excluding steroid dienone is 1. The largest absolute Gasteiger partial charge is 0.504 e. The fraction of sp³-hybridized carbons (Fsp3) is 0.594. The third kappa shape index (κ3) is 9.85. The quantitative estimate of drug-likeness (QED) is 0.132. The number of phenols is 1. The number of hydrogen-bond acceptors (Lipinski definition) is 7. The summed E-state index contributed by atoms with van der Waals surface area (Å²) < 4.78 is 11.0. The predicted molar refractivity (Wildman–Crippen MR) is 164 cm³/mol. The van der Waals surface area contributed by atoms with Crippen molar-refractivity contribution in [1.82, 2.24) is 16.0 Å². The van der Waals surface area contributed by atoms with Crippen LogP contribution >= 0.6 is 0 Å². The highest BCUT2D eigenvalue weighted by molar-refractivity contribution is 5.83.